The quantitative estimate of drug-likeness (QED) is 0.581. The summed E-state index contributed by atoms with van der Waals surface area (Å²) in [6, 6.07) is 0. The third-order valence-corrected chi connectivity index (χ3v) is 2.51. The van der Waals surface area contributed by atoms with E-state index in [0.717, 1.165) is 12.5 Å². The maximum atomic E-state index is 3.65. The topological polar surface area (TPSA) is 3.24 Å². The molecule has 0 aliphatic carbocycles. The first-order valence-electron chi connectivity index (χ1n) is 4.83. The zero-order chi connectivity index (χ0) is 8.81. The lowest BCUT2D eigenvalue weighted by Crippen LogP contribution is -2.32. The fraction of sp³-hybridized carbons (Fsp3) is 0.636. The van der Waals surface area contributed by atoms with Crippen molar-refractivity contribution < 1.29 is 0 Å². The number of piperidine rings is 1. The van der Waals surface area contributed by atoms with Crippen molar-refractivity contribution >= 4 is 0 Å². The Morgan fingerprint density at radius 3 is 2.67 bits per heavy atom. The molecule has 1 heterocycles. The van der Waals surface area contributed by atoms with Crippen LogP contribution in [0.2, 0.25) is 0 Å². The van der Waals surface area contributed by atoms with Crippen molar-refractivity contribution in [1.29, 1.82) is 0 Å². The van der Waals surface area contributed by atoms with Crippen LogP contribution in [0.3, 0.4) is 0 Å². The normalized spacial score (nSPS) is 21.8. The molecule has 0 spiro atoms. The summed E-state index contributed by atoms with van der Waals surface area (Å²) in [5, 5.41) is 0. The molecule has 1 rings (SSSR count). The highest BCUT2D eigenvalue weighted by atomic mass is 15.1. The van der Waals surface area contributed by atoms with Crippen molar-refractivity contribution in [2.24, 2.45) is 5.92 Å². The molecule has 0 aromatic carbocycles. The van der Waals surface area contributed by atoms with E-state index in [1.165, 1.54) is 25.9 Å². The molecule has 0 radical (unpaired) electrons. The number of hydrogen-bond donors (Lipinski definition) is 0. The van der Waals surface area contributed by atoms with Gasteiger partial charge in [-0.05, 0) is 31.8 Å². The van der Waals surface area contributed by atoms with Crippen LogP contribution in [0.25, 0.3) is 0 Å². The van der Waals surface area contributed by atoms with E-state index >= 15 is 0 Å². The van der Waals surface area contributed by atoms with Crippen LogP contribution in [0.1, 0.15) is 19.8 Å². The second-order valence-corrected chi connectivity index (χ2v) is 3.65. The number of hydrogen-bond acceptors (Lipinski definition) is 1. The Labute approximate surface area is 75.8 Å². The number of rotatable bonds is 3. The lowest BCUT2D eigenvalue weighted by molar-refractivity contribution is 0.210. The molecule has 0 saturated carbocycles. The molecule has 1 aliphatic rings. The fourth-order valence-electron chi connectivity index (χ4n) is 1.55. The van der Waals surface area contributed by atoms with Crippen molar-refractivity contribution in [2.45, 2.75) is 19.8 Å². The maximum Gasteiger partial charge on any atom is 0.0166 e. The standard InChI is InChI=1S/C11H19N/c1-3-4-5-8-12-9-6-11(2)7-10-12/h3-5,11H,1,6-10H2,2H3/b5-4-. The van der Waals surface area contributed by atoms with Crippen molar-refractivity contribution in [1.82, 2.24) is 4.90 Å². The van der Waals surface area contributed by atoms with Gasteiger partial charge in [-0.1, -0.05) is 31.7 Å². The molecule has 1 heteroatoms. The highest BCUT2D eigenvalue weighted by Crippen LogP contribution is 2.15. The summed E-state index contributed by atoms with van der Waals surface area (Å²) >= 11 is 0. The van der Waals surface area contributed by atoms with Gasteiger partial charge in [0.2, 0.25) is 0 Å². The Balaban J connectivity index is 2.17. The number of nitrogens with zero attached hydrogens (tertiary/aromatic N) is 1. The van der Waals surface area contributed by atoms with Crippen molar-refractivity contribution in [3.05, 3.63) is 24.8 Å². The Kier molecular flexibility index (Phi) is 4.09. The van der Waals surface area contributed by atoms with Crippen molar-refractivity contribution in [3.63, 3.8) is 0 Å². The zero-order valence-corrected chi connectivity index (χ0v) is 8.00. The summed E-state index contributed by atoms with van der Waals surface area (Å²) in [5.41, 5.74) is 0. The van der Waals surface area contributed by atoms with Crippen LogP contribution in [0.4, 0.5) is 0 Å². The predicted molar refractivity (Wildman–Crippen MR) is 54.2 cm³/mol. The Morgan fingerprint density at radius 2 is 2.08 bits per heavy atom. The van der Waals surface area contributed by atoms with Gasteiger partial charge in [0.15, 0.2) is 0 Å². The molecule has 1 aliphatic heterocycles. The molecule has 1 saturated heterocycles. The minimum Gasteiger partial charge on any atom is -0.300 e. The lowest BCUT2D eigenvalue weighted by Gasteiger charge is -2.28. The van der Waals surface area contributed by atoms with Gasteiger partial charge < -0.3 is 0 Å². The van der Waals surface area contributed by atoms with E-state index in [9.17, 15) is 0 Å². The van der Waals surface area contributed by atoms with E-state index in [1.807, 2.05) is 12.2 Å². The van der Waals surface area contributed by atoms with E-state index < -0.39 is 0 Å². The predicted octanol–water partition coefficient (Wildman–Crippen LogP) is 2.46. The van der Waals surface area contributed by atoms with Crippen LogP contribution in [0.15, 0.2) is 24.8 Å². The first-order valence-corrected chi connectivity index (χ1v) is 4.83. The maximum absolute atomic E-state index is 3.65. The summed E-state index contributed by atoms with van der Waals surface area (Å²) in [6.45, 7) is 9.62. The molecule has 1 fully saturated rings. The Morgan fingerprint density at radius 1 is 1.42 bits per heavy atom. The van der Waals surface area contributed by atoms with Crippen LogP contribution >= 0.6 is 0 Å². The SMILES string of the molecule is C=C/C=C\CN1CCC(C)CC1. The van der Waals surface area contributed by atoms with Gasteiger partial charge in [-0.2, -0.15) is 0 Å². The smallest absolute Gasteiger partial charge is 0.0166 e. The molecular weight excluding hydrogens is 146 g/mol. The molecule has 0 aromatic heterocycles. The van der Waals surface area contributed by atoms with Gasteiger partial charge in [-0.25, -0.2) is 0 Å². The molecule has 0 atom stereocenters. The van der Waals surface area contributed by atoms with Crippen LogP contribution in [-0.4, -0.2) is 24.5 Å². The van der Waals surface area contributed by atoms with Crippen LogP contribution in [-0.2, 0) is 0 Å². The first-order chi connectivity index (χ1) is 5.83. The molecule has 0 unspecified atom stereocenters. The third kappa shape index (κ3) is 3.22. The van der Waals surface area contributed by atoms with Gasteiger partial charge in [-0.3, -0.25) is 4.90 Å². The minimum atomic E-state index is 0.935. The average molecular weight is 165 g/mol. The highest BCUT2D eigenvalue weighted by molar-refractivity contribution is 4.98. The van der Waals surface area contributed by atoms with Crippen molar-refractivity contribution in [2.75, 3.05) is 19.6 Å². The zero-order valence-electron chi connectivity index (χ0n) is 8.00. The van der Waals surface area contributed by atoms with Gasteiger partial charge in [0.25, 0.3) is 0 Å². The van der Waals surface area contributed by atoms with Gasteiger partial charge in [0.05, 0.1) is 0 Å². The van der Waals surface area contributed by atoms with Gasteiger partial charge in [0, 0.05) is 6.54 Å². The summed E-state index contributed by atoms with van der Waals surface area (Å²) in [5.74, 6) is 0.935. The van der Waals surface area contributed by atoms with E-state index in [-0.39, 0.29) is 0 Å². The molecule has 0 N–H and O–H groups in total. The molecule has 1 nitrogen and oxygen atoms in total. The van der Waals surface area contributed by atoms with Gasteiger partial charge in [-0.15, -0.1) is 0 Å². The fourth-order valence-corrected chi connectivity index (χ4v) is 1.55. The molecule has 0 aromatic rings. The molecule has 0 amide bonds. The Hall–Kier alpha value is -0.560. The second-order valence-electron chi connectivity index (χ2n) is 3.65. The number of likely N-dealkylation sites (tertiary alicyclic amines) is 1. The van der Waals surface area contributed by atoms with E-state index in [4.69, 9.17) is 0 Å². The first kappa shape index (κ1) is 9.53. The average Bonchev–Trinajstić information content (AvgIpc) is 2.09. The van der Waals surface area contributed by atoms with E-state index in [2.05, 4.69) is 24.5 Å². The summed E-state index contributed by atoms with van der Waals surface area (Å²) in [6.07, 6.45) is 8.78. The Bertz CT molecular complexity index is 152. The van der Waals surface area contributed by atoms with Gasteiger partial charge >= 0.3 is 0 Å². The largest absolute Gasteiger partial charge is 0.300 e. The van der Waals surface area contributed by atoms with Crippen LogP contribution in [0.5, 0.6) is 0 Å². The minimum absolute atomic E-state index is 0.935. The molecule has 12 heavy (non-hydrogen) atoms. The molecular formula is C11H19N. The van der Waals surface area contributed by atoms with Crippen LogP contribution < -0.4 is 0 Å². The van der Waals surface area contributed by atoms with E-state index in [1.54, 1.807) is 0 Å². The molecule has 68 valence electrons. The summed E-state index contributed by atoms with van der Waals surface area (Å²) in [4.78, 5) is 2.50. The molecule has 0 bridgehead atoms. The van der Waals surface area contributed by atoms with Crippen molar-refractivity contribution in [3.8, 4) is 0 Å². The van der Waals surface area contributed by atoms with Gasteiger partial charge in [0.1, 0.15) is 0 Å². The summed E-state index contributed by atoms with van der Waals surface area (Å²) < 4.78 is 0. The monoisotopic (exact) mass is 165 g/mol. The summed E-state index contributed by atoms with van der Waals surface area (Å²) in [7, 11) is 0. The third-order valence-electron chi connectivity index (χ3n) is 2.51. The number of allylic oxidation sites excluding steroid dienone is 2. The van der Waals surface area contributed by atoms with Crippen LogP contribution in [0, 0.1) is 5.92 Å². The lowest BCUT2D eigenvalue weighted by atomic mass is 9.99. The van der Waals surface area contributed by atoms with E-state index in [0.29, 0.717) is 0 Å². The highest BCUT2D eigenvalue weighted by Gasteiger charge is 2.13. The second kappa shape index (κ2) is 5.15.